The molecule has 0 saturated heterocycles. The first-order chi connectivity index (χ1) is 8.31. The summed E-state index contributed by atoms with van der Waals surface area (Å²) in [6.45, 7) is 3.34. The highest BCUT2D eigenvalue weighted by Gasteiger charge is 2.17. The Morgan fingerprint density at radius 3 is 2.39 bits per heavy atom. The molecule has 0 heterocycles. The Hall–Kier alpha value is -1.40. The van der Waals surface area contributed by atoms with Crippen LogP contribution in [0.4, 0.5) is 0 Å². The van der Waals surface area contributed by atoms with Crippen LogP contribution in [0.15, 0.2) is 29.2 Å². The Balaban J connectivity index is 2.65. The van der Waals surface area contributed by atoms with Crippen LogP contribution in [0.5, 0.6) is 0 Å². The fourth-order valence-electron chi connectivity index (χ4n) is 1.34. The van der Waals surface area contributed by atoms with Crippen LogP contribution in [0.25, 0.3) is 0 Å². The van der Waals surface area contributed by atoms with Crippen LogP contribution in [0.2, 0.25) is 0 Å². The second-order valence-electron chi connectivity index (χ2n) is 4.25. The Morgan fingerprint density at radius 2 is 1.89 bits per heavy atom. The molecule has 0 radical (unpaired) electrons. The first kappa shape index (κ1) is 14.7. The van der Waals surface area contributed by atoms with Gasteiger partial charge in [-0.3, -0.25) is 8.98 Å². The second-order valence-corrected chi connectivity index (χ2v) is 5.87. The van der Waals surface area contributed by atoms with Gasteiger partial charge in [0.2, 0.25) is 0 Å². The second kappa shape index (κ2) is 5.97. The van der Waals surface area contributed by atoms with Gasteiger partial charge in [-0.25, -0.2) is 0 Å². The van der Waals surface area contributed by atoms with Gasteiger partial charge in [0.25, 0.3) is 10.1 Å². The van der Waals surface area contributed by atoms with Crippen molar-refractivity contribution in [1.82, 2.24) is 0 Å². The summed E-state index contributed by atoms with van der Waals surface area (Å²) < 4.78 is 28.4. The lowest BCUT2D eigenvalue weighted by atomic mass is 10.1. The molecule has 5 nitrogen and oxygen atoms in total. The Kier molecular flexibility index (Phi) is 4.86. The van der Waals surface area contributed by atoms with Gasteiger partial charge in [-0.1, -0.05) is 24.6 Å². The van der Waals surface area contributed by atoms with Crippen LogP contribution < -0.4 is 0 Å². The molecule has 0 fully saturated rings. The molecule has 0 aliphatic heterocycles. The Bertz CT molecular complexity index is 504. The van der Waals surface area contributed by atoms with Gasteiger partial charge in [-0.05, 0) is 25.0 Å². The predicted octanol–water partition coefficient (Wildman–Crippen LogP) is 1.81. The minimum Gasteiger partial charge on any atom is -0.481 e. The third-order valence-electron chi connectivity index (χ3n) is 2.34. The standard InChI is InChI=1S/C12H16O5S/c1-9-3-5-11(6-4-9)18(15,16)17-8-10(2)7-12(13)14/h3-6,10H,7-8H2,1-2H3,(H,13,14)/t10-/m1/s1. The van der Waals surface area contributed by atoms with Crippen molar-refractivity contribution in [3.05, 3.63) is 29.8 Å². The molecule has 1 atom stereocenters. The number of hydrogen-bond donors (Lipinski definition) is 1. The van der Waals surface area contributed by atoms with Crippen LogP contribution in [-0.2, 0) is 19.1 Å². The van der Waals surface area contributed by atoms with Crippen molar-refractivity contribution >= 4 is 16.1 Å². The number of carboxylic acids is 1. The molecule has 100 valence electrons. The van der Waals surface area contributed by atoms with Gasteiger partial charge in [-0.15, -0.1) is 0 Å². The van der Waals surface area contributed by atoms with Crippen LogP contribution >= 0.6 is 0 Å². The van der Waals surface area contributed by atoms with E-state index in [4.69, 9.17) is 9.29 Å². The van der Waals surface area contributed by atoms with Crippen LogP contribution in [0.1, 0.15) is 18.9 Å². The van der Waals surface area contributed by atoms with E-state index in [1.807, 2.05) is 6.92 Å². The summed E-state index contributed by atoms with van der Waals surface area (Å²) in [4.78, 5) is 10.5. The third-order valence-corrected chi connectivity index (χ3v) is 3.64. The number of hydrogen-bond acceptors (Lipinski definition) is 4. The molecule has 0 unspecified atom stereocenters. The lowest BCUT2D eigenvalue weighted by molar-refractivity contribution is -0.138. The van der Waals surface area contributed by atoms with Gasteiger partial charge in [0.05, 0.1) is 17.9 Å². The first-order valence-corrected chi connectivity index (χ1v) is 6.90. The van der Waals surface area contributed by atoms with Gasteiger partial charge < -0.3 is 5.11 Å². The van der Waals surface area contributed by atoms with Crippen molar-refractivity contribution in [3.8, 4) is 0 Å². The highest BCUT2D eigenvalue weighted by atomic mass is 32.2. The summed E-state index contributed by atoms with van der Waals surface area (Å²) in [5.74, 6) is -1.33. The normalized spacial score (nSPS) is 13.2. The van der Waals surface area contributed by atoms with E-state index < -0.39 is 16.1 Å². The SMILES string of the molecule is Cc1ccc(S(=O)(=O)OC[C@H](C)CC(=O)O)cc1. The van der Waals surface area contributed by atoms with Crippen LogP contribution in [0, 0.1) is 12.8 Å². The van der Waals surface area contributed by atoms with Crippen molar-refractivity contribution in [2.75, 3.05) is 6.61 Å². The van der Waals surface area contributed by atoms with E-state index in [0.717, 1.165) is 5.56 Å². The van der Waals surface area contributed by atoms with Gasteiger partial charge in [0.15, 0.2) is 0 Å². The van der Waals surface area contributed by atoms with Gasteiger partial charge >= 0.3 is 5.97 Å². The van der Waals surface area contributed by atoms with Crippen molar-refractivity contribution in [1.29, 1.82) is 0 Å². The summed E-state index contributed by atoms with van der Waals surface area (Å²) >= 11 is 0. The van der Waals surface area contributed by atoms with E-state index in [1.165, 1.54) is 12.1 Å². The zero-order chi connectivity index (χ0) is 13.8. The lowest BCUT2D eigenvalue weighted by Gasteiger charge is -2.10. The highest BCUT2D eigenvalue weighted by Crippen LogP contribution is 2.15. The molecule has 0 amide bonds. The van der Waals surface area contributed by atoms with Gasteiger partial charge in [-0.2, -0.15) is 8.42 Å². The van der Waals surface area contributed by atoms with E-state index in [0.29, 0.717) is 0 Å². The summed E-state index contributed by atoms with van der Waals surface area (Å²) in [5.41, 5.74) is 0.952. The zero-order valence-electron chi connectivity index (χ0n) is 10.3. The molecule has 6 heteroatoms. The number of carbonyl (C=O) groups is 1. The maximum atomic E-state index is 11.8. The number of aryl methyl sites for hydroxylation is 1. The Morgan fingerprint density at radius 1 is 1.33 bits per heavy atom. The van der Waals surface area contributed by atoms with E-state index in [9.17, 15) is 13.2 Å². The molecule has 0 saturated carbocycles. The van der Waals surface area contributed by atoms with Crippen molar-refractivity contribution < 1.29 is 22.5 Å². The van der Waals surface area contributed by atoms with E-state index >= 15 is 0 Å². The minimum atomic E-state index is -3.80. The van der Waals surface area contributed by atoms with Crippen molar-refractivity contribution in [2.45, 2.75) is 25.2 Å². The fraction of sp³-hybridized carbons (Fsp3) is 0.417. The number of benzene rings is 1. The monoisotopic (exact) mass is 272 g/mol. The molecule has 1 aromatic carbocycles. The quantitative estimate of drug-likeness (QED) is 0.799. The summed E-state index contributed by atoms with van der Waals surface area (Å²) in [6, 6.07) is 6.28. The summed E-state index contributed by atoms with van der Waals surface area (Å²) in [5, 5.41) is 8.56. The van der Waals surface area contributed by atoms with E-state index in [1.54, 1.807) is 19.1 Å². The average molecular weight is 272 g/mol. The molecule has 0 aromatic heterocycles. The molecule has 1 N–H and O–H groups in total. The molecular weight excluding hydrogens is 256 g/mol. The minimum absolute atomic E-state index is 0.0793. The zero-order valence-corrected chi connectivity index (χ0v) is 11.1. The van der Waals surface area contributed by atoms with Gasteiger partial charge in [0, 0.05) is 0 Å². The van der Waals surface area contributed by atoms with E-state index in [2.05, 4.69) is 0 Å². The molecule has 1 rings (SSSR count). The van der Waals surface area contributed by atoms with Crippen molar-refractivity contribution in [3.63, 3.8) is 0 Å². The smallest absolute Gasteiger partial charge is 0.303 e. The Labute approximate surface area is 107 Å². The third kappa shape index (κ3) is 4.46. The maximum Gasteiger partial charge on any atom is 0.303 e. The number of aliphatic carboxylic acids is 1. The molecule has 1 aromatic rings. The topological polar surface area (TPSA) is 80.7 Å². The molecular formula is C12H16O5S. The fourth-order valence-corrected chi connectivity index (χ4v) is 2.35. The molecule has 0 spiro atoms. The number of carboxylic acid groups (broad SMARTS) is 1. The van der Waals surface area contributed by atoms with Crippen LogP contribution in [0.3, 0.4) is 0 Å². The summed E-state index contributed by atoms with van der Waals surface area (Å²) in [7, 11) is -3.80. The lowest BCUT2D eigenvalue weighted by Crippen LogP contribution is -2.15. The van der Waals surface area contributed by atoms with Gasteiger partial charge in [0.1, 0.15) is 0 Å². The van der Waals surface area contributed by atoms with Crippen molar-refractivity contribution in [2.24, 2.45) is 5.92 Å². The molecule has 0 aliphatic rings. The first-order valence-electron chi connectivity index (χ1n) is 5.49. The number of rotatable bonds is 6. The highest BCUT2D eigenvalue weighted by molar-refractivity contribution is 7.86. The molecule has 0 aliphatic carbocycles. The molecule has 0 bridgehead atoms. The average Bonchev–Trinajstić information content (AvgIpc) is 2.26. The van der Waals surface area contributed by atoms with Crippen LogP contribution in [-0.4, -0.2) is 26.1 Å². The maximum absolute atomic E-state index is 11.8. The predicted molar refractivity (Wildman–Crippen MR) is 65.7 cm³/mol. The largest absolute Gasteiger partial charge is 0.481 e. The van der Waals surface area contributed by atoms with E-state index in [-0.39, 0.29) is 23.8 Å². The molecule has 18 heavy (non-hydrogen) atoms. The summed E-state index contributed by atoms with van der Waals surface area (Å²) in [6.07, 6.45) is -0.122.